The van der Waals surface area contributed by atoms with Gasteiger partial charge in [0, 0.05) is 19.6 Å². The van der Waals surface area contributed by atoms with Crippen molar-refractivity contribution < 1.29 is 19.1 Å². The molecule has 136 valence electrons. The first kappa shape index (κ1) is 17.8. The van der Waals surface area contributed by atoms with Gasteiger partial charge in [0.1, 0.15) is 11.4 Å². The Morgan fingerprint density at radius 3 is 2.72 bits per heavy atom. The lowest BCUT2D eigenvalue weighted by Crippen LogP contribution is -2.57. The Labute approximate surface area is 146 Å². The molecule has 1 unspecified atom stereocenters. The van der Waals surface area contributed by atoms with Gasteiger partial charge in [0.25, 0.3) is 5.91 Å². The number of urea groups is 1. The van der Waals surface area contributed by atoms with Crippen LogP contribution in [0.2, 0.25) is 0 Å². The summed E-state index contributed by atoms with van der Waals surface area (Å²) in [6.07, 6.45) is 2.17. The molecule has 3 N–H and O–H groups in total. The molecule has 1 aromatic carbocycles. The predicted molar refractivity (Wildman–Crippen MR) is 90.4 cm³/mol. The van der Waals surface area contributed by atoms with Gasteiger partial charge in [-0.05, 0) is 56.0 Å². The van der Waals surface area contributed by atoms with E-state index in [1.807, 2.05) is 0 Å². The van der Waals surface area contributed by atoms with Crippen LogP contribution >= 0.6 is 0 Å². The second kappa shape index (κ2) is 7.49. The van der Waals surface area contributed by atoms with Gasteiger partial charge in [0.2, 0.25) is 0 Å². The number of aliphatic hydroxyl groups excluding tert-OH is 1. The Bertz CT molecular complexity index is 648. The summed E-state index contributed by atoms with van der Waals surface area (Å²) in [6.45, 7) is 1.68. The number of rotatable bonds is 6. The summed E-state index contributed by atoms with van der Waals surface area (Å²) < 4.78 is 13.6. The highest BCUT2D eigenvalue weighted by atomic mass is 19.1. The lowest BCUT2D eigenvalue weighted by Gasteiger charge is -2.38. The Balaban J connectivity index is 1.92. The predicted octanol–water partition coefficient (Wildman–Crippen LogP) is 1.04. The molecule has 1 atom stereocenters. The van der Waals surface area contributed by atoms with Gasteiger partial charge in [-0.25, -0.2) is 9.18 Å². The van der Waals surface area contributed by atoms with Gasteiger partial charge in [-0.15, -0.1) is 0 Å². The van der Waals surface area contributed by atoms with Crippen LogP contribution in [0.1, 0.15) is 24.8 Å². The molecule has 6 nitrogen and oxygen atoms in total. The summed E-state index contributed by atoms with van der Waals surface area (Å²) in [6, 6.07) is 5.75. The highest BCUT2D eigenvalue weighted by molar-refractivity contribution is 6.07. The first-order chi connectivity index (χ1) is 12.1. The van der Waals surface area contributed by atoms with Crippen molar-refractivity contribution in [1.82, 2.24) is 15.5 Å². The number of piperidine rings is 1. The van der Waals surface area contributed by atoms with Crippen molar-refractivity contribution in [2.45, 2.75) is 31.2 Å². The Morgan fingerprint density at radius 1 is 1.28 bits per heavy atom. The van der Waals surface area contributed by atoms with Crippen LogP contribution in [-0.4, -0.2) is 53.7 Å². The van der Waals surface area contributed by atoms with Crippen LogP contribution in [0.15, 0.2) is 24.3 Å². The van der Waals surface area contributed by atoms with Gasteiger partial charge in [-0.2, -0.15) is 0 Å². The quantitative estimate of drug-likeness (QED) is 0.671. The Kier molecular flexibility index (Phi) is 5.34. The minimum atomic E-state index is -1.04. The van der Waals surface area contributed by atoms with Crippen molar-refractivity contribution >= 4 is 11.9 Å². The highest BCUT2D eigenvalue weighted by Gasteiger charge is 2.55. The molecule has 25 heavy (non-hydrogen) atoms. The highest BCUT2D eigenvalue weighted by Crippen LogP contribution is 2.35. The average Bonchev–Trinajstić information content (AvgIpc) is 2.85. The van der Waals surface area contributed by atoms with E-state index in [0.29, 0.717) is 12.0 Å². The van der Waals surface area contributed by atoms with E-state index in [1.54, 1.807) is 12.1 Å². The number of hydrogen-bond acceptors (Lipinski definition) is 4. The first-order valence-electron chi connectivity index (χ1n) is 8.77. The minimum absolute atomic E-state index is 0.00686. The van der Waals surface area contributed by atoms with Crippen LogP contribution in [0, 0.1) is 11.7 Å². The van der Waals surface area contributed by atoms with E-state index in [-0.39, 0.29) is 37.2 Å². The van der Waals surface area contributed by atoms with Crippen molar-refractivity contribution in [2.75, 3.05) is 26.2 Å². The maximum Gasteiger partial charge on any atom is 0.325 e. The van der Waals surface area contributed by atoms with Crippen molar-refractivity contribution in [3.8, 4) is 0 Å². The molecule has 2 saturated heterocycles. The van der Waals surface area contributed by atoms with Crippen LogP contribution in [0.3, 0.4) is 0 Å². The monoisotopic (exact) mass is 349 g/mol. The van der Waals surface area contributed by atoms with Crippen LogP contribution in [0.5, 0.6) is 0 Å². The summed E-state index contributed by atoms with van der Waals surface area (Å²) in [5, 5.41) is 15.2. The van der Waals surface area contributed by atoms with E-state index >= 15 is 0 Å². The molecular weight excluding hydrogens is 325 g/mol. The van der Waals surface area contributed by atoms with Gasteiger partial charge in [0.15, 0.2) is 0 Å². The van der Waals surface area contributed by atoms with Gasteiger partial charge in [0.05, 0.1) is 0 Å². The zero-order valence-corrected chi connectivity index (χ0v) is 14.1. The lowest BCUT2D eigenvalue weighted by molar-refractivity contribution is -0.133. The molecule has 0 saturated carbocycles. The fourth-order valence-corrected chi connectivity index (χ4v) is 3.90. The number of nitrogens with one attached hydrogen (secondary N) is 2. The van der Waals surface area contributed by atoms with E-state index in [2.05, 4.69) is 10.6 Å². The molecule has 0 aromatic heterocycles. The van der Waals surface area contributed by atoms with Gasteiger partial charge < -0.3 is 15.7 Å². The second-order valence-electron chi connectivity index (χ2n) is 6.77. The van der Waals surface area contributed by atoms with Crippen molar-refractivity contribution in [3.05, 3.63) is 35.6 Å². The Hall–Kier alpha value is -1.99. The maximum atomic E-state index is 13.6. The molecule has 3 rings (SSSR count). The smallest absolute Gasteiger partial charge is 0.325 e. The molecule has 2 aliphatic heterocycles. The molecule has 0 aliphatic carbocycles. The molecule has 0 radical (unpaired) electrons. The summed E-state index contributed by atoms with van der Waals surface area (Å²) in [5.41, 5.74) is -0.348. The van der Waals surface area contributed by atoms with E-state index in [0.717, 1.165) is 25.9 Å². The van der Waals surface area contributed by atoms with Crippen LogP contribution < -0.4 is 10.6 Å². The SMILES string of the molecule is O=C1NC(Cc2cccc(F)c2)(C2CCNCC2)C(=O)N1CCCO. The fourth-order valence-electron chi connectivity index (χ4n) is 3.90. The lowest BCUT2D eigenvalue weighted by atomic mass is 9.74. The molecule has 7 heteroatoms. The maximum absolute atomic E-state index is 13.6. The molecule has 3 amide bonds. The summed E-state index contributed by atoms with van der Waals surface area (Å²) in [4.78, 5) is 26.8. The number of nitrogens with zero attached hydrogens (tertiary/aromatic N) is 1. The number of benzene rings is 1. The van der Waals surface area contributed by atoms with Crippen molar-refractivity contribution in [2.24, 2.45) is 5.92 Å². The minimum Gasteiger partial charge on any atom is -0.396 e. The zero-order chi connectivity index (χ0) is 17.9. The molecule has 2 aliphatic rings. The van der Waals surface area contributed by atoms with E-state index < -0.39 is 11.6 Å². The fraction of sp³-hybridized carbons (Fsp3) is 0.556. The molecule has 1 aromatic rings. The number of imide groups is 1. The molecule has 0 bridgehead atoms. The third-order valence-electron chi connectivity index (χ3n) is 5.15. The van der Waals surface area contributed by atoms with Crippen molar-refractivity contribution in [1.29, 1.82) is 0 Å². The topological polar surface area (TPSA) is 81.7 Å². The van der Waals surface area contributed by atoms with E-state index in [9.17, 15) is 14.0 Å². The standard InChI is InChI=1S/C18H24FN3O3/c19-15-4-1-3-13(11-15)12-18(14-5-7-20-8-6-14)16(24)22(9-2-10-23)17(25)21-18/h1,3-4,11,14,20,23H,2,5-10,12H2,(H,21,25). The number of aliphatic hydroxyl groups is 1. The third-order valence-corrected chi connectivity index (χ3v) is 5.15. The van der Waals surface area contributed by atoms with Gasteiger partial charge in [-0.3, -0.25) is 9.69 Å². The number of hydrogen-bond donors (Lipinski definition) is 3. The molecular formula is C18H24FN3O3. The summed E-state index contributed by atoms with van der Waals surface area (Å²) >= 11 is 0. The van der Waals surface area contributed by atoms with Crippen LogP contribution in [0.25, 0.3) is 0 Å². The zero-order valence-electron chi connectivity index (χ0n) is 14.1. The third kappa shape index (κ3) is 3.52. The second-order valence-corrected chi connectivity index (χ2v) is 6.77. The first-order valence-corrected chi connectivity index (χ1v) is 8.77. The Morgan fingerprint density at radius 2 is 2.04 bits per heavy atom. The van der Waals surface area contributed by atoms with Gasteiger partial charge >= 0.3 is 6.03 Å². The molecule has 2 fully saturated rings. The average molecular weight is 349 g/mol. The number of amides is 3. The molecule has 2 heterocycles. The largest absolute Gasteiger partial charge is 0.396 e. The van der Waals surface area contributed by atoms with E-state index in [4.69, 9.17) is 5.11 Å². The van der Waals surface area contributed by atoms with Crippen LogP contribution in [-0.2, 0) is 11.2 Å². The molecule has 0 spiro atoms. The number of carbonyl (C=O) groups excluding carboxylic acids is 2. The van der Waals surface area contributed by atoms with Crippen molar-refractivity contribution in [3.63, 3.8) is 0 Å². The van der Waals surface area contributed by atoms with Gasteiger partial charge in [-0.1, -0.05) is 12.1 Å². The number of halogens is 1. The summed E-state index contributed by atoms with van der Waals surface area (Å²) in [7, 11) is 0. The number of carbonyl (C=O) groups is 2. The van der Waals surface area contributed by atoms with E-state index in [1.165, 1.54) is 17.0 Å². The summed E-state index contributed by atoms with van der Waals surface area (Å²) in [5.74, 6) is -0.624. The normalized spacial score (nSPS) is 24.6. The van der Waals surface area contributed by atoms with Crippen LogP contribution in [0.4, 0.5) is 9.18 Å².